The van der Waals surface area contributed by atoms with Crippen LogP contribution in [0.4, 0.5) is 0 Å². The summed E-state index contributed by atoms with van der Waals surface area (Å²) in [6.45, 7) is 16.2. The topological polar surface area (TPSA) is 7.76 Å². The Morgan fingerprint density at radius 3 is 0.921 bits per heavy atom. The second kappa shape index (κ2) is 32.6. The van der Waals surface area contributed by atoms with Gasteiger partial charge in [-0.15, -0.1) is 0 Å². The first kappa shape index (κ1) is 61.4. The molecule has 2 rings (SSSR count). The maximum absolute atomic E-state index is 2.37. The van der Waals surface area contributed by atoms with Gasteiger partial charge < -0.3 is 0 Å². The molecular weight excluding hydrogens is 537 g/mol. The van der Waals surface area contributed by atoms with Crippen molar-refractivity contribution in [2.45, 2.75) is 147 Å². The summed E-state index contributed by atoms with van der Waals surface area (Å²) in [7, 11) is 0. The van der Waals surface area contributed by atoms with E-state index < -0.39 is 0 Å². The molecule has 4 unspecified atom stereocenters. The van der Waals surface area contributed by atoms with Crippen LogP contribution >= 0.6 is 0 Å². The van der Waals surface area contributed by atoms with Gasteiger partial charge in [-0.2, -0.15) is 0 Å². The van der Waals surface area contributed by atoms with Gasteiger partial charge in [-0.25, -0.2) is 9.13 Å². The van der Waals surface area contributed by atoms with E-state index >= 15 is 0 Å². The molecule has 1 radical (unpaired) electrons. The first-order valence-corrected chi connectivity index (χ1v) is 11.4. The van der Waals surface area contributed by atoms with Crippen LogP contribution in [0.3, 0.4) is 0 Å². The van der Waals surface area contributed by atoms with E-state index in [1.54, 1.807) is 0 Å². The molecule has 38 heavy (non-hydrogen) atoms. The third-order valence-corrected chi connectivity index (χ3v) is 6.16. The molecule has 2 aromatic rings. The van der Waals surface area contributed by atoms with E-state index in [9.17, 15) is 0 Å². The molecule has 0 aromatic carbocycles. The van der Waals surface area contributed by atoms with Gasteiger partial charge in [-0.05, 0) is 35.8 Å². The summed E-state index contributed by atoms with van der Waals surface area (Å²) in [5, 5.41) is 0. The zero-order chi connectivity index (χ0) is 20.5. The van der Waals surface area contributed by atoms with Crippen molar-refractivity contribution in [1.82, 2.24) is 0 Å². The molecule has 0 aliphatic carbocycles. The summed E-state index contributed by atoms with van der Waals surface area (Å²) in [6.07, 6.45) is 14.1. The fourth-order valence-corrected chi connectivity index (χ4v) is 4.12. The second-order valence-electron chi connectivity index (χ2n) is 9.28. The molecule has 0 fully saturated rings. The zero-order valence-electron chi connectivity index (χ0n) is 19.6. The Bertz CT molecular complexity index is 621. The molecule has 3 heteroatoms. The Balaban J connectivity index is -0.000000120. The summed E-state index contributed by atoms with van der Waals surface area (Å²) in [6, 6.07) is 9.00. The van der Waals surface area contributed by atoms with E-state index in [0.29, 0.717) is 0 Å². The van der Waals surface area contributed by atoms with Crippen LogP contribution in [0.2, 0.25) is 0 Å². The largest absolute Gasteiger partial charge is 0.205 e. The first-order valence-electron chi connectivity index (χ1n) is 11.4. The standard InChI is InChI=1S/C26H42N2.9CH4.Y/c1-7-21(3)17-23(5)19-27-13-9-25(10-14-27)26-11-15-28(16-12-26)20-24(6)18-22(4)8-2;;;;;;;;;;/h9-16,21-24H,7-8,17-20H2,1-6H3;9*1H4;/q+2;;;;;;;;;;. The van der Waals surface area contributed by atoms with E-state index in [1.165, 1.54) is 36.8 Å². The van der Waals surface area contributed by atoms with Crippen molar-refractivity contribution in [3.63, 3.8) is 0 Å². The summed E-state index contributed by atoms with van der Waals surface area (Å²) < 4.78 is 4.66. The summed E-state index contributed by atoms with van der Waals surface area (Å²) in [5.74, 6) is 3.08. The molecule has 0 amide bonds. The van der Waals surface area contributed by atoms with Crippen molar-refractivity contribution >= 4 is 0 Å². The van der Waals surface area contributed by atoms with Crippen LogP contribution in [0.15, 0.2) is 49.1 Å². The Kier molecular flexibility index (Phi) is 52.7. The van der Waals surface area contributed by atoms with Crippen molar-refractivity contribution in [1.29, 1.82) is 0 Å². The molecule has 2 nitrogen and oxygen atoms in total. The molecule has 2 aromatic heterocycles. The molecular formula is C35H78N2Y+2. The number of rotatable bonds is 11. The Morgan fingerprint density at radius 2 is 0.711 bits per heavy atom. The fourth-order valence-electron chi connectivity index (χ4n) is 4.12. The first-order chi connectivity index (χ1) is 13.4. The predicted octanol–water partition coefficient (Wildman–Crippen LogP) is 11.8. The van der Waals surface area contributed by atoms with Crippen LogP contribution in [-0.2, 0) is 45.8 Å². The second-order valence-corrected chi connectivity index (χ2v) is 9.28. The molecule has 229 valence electrons. The number of hydrogen-bond acceptors (Lipinski definition) is 0. The van der Waals surface area contributed by atoms with Gasteiger partial charge in [-0.3, -0.25) is 0 Å². The number of hydrogen-bond donors (Lipinski definition) is 0. The van der Waals surface area contributed by atoms with Crippen LogP contribution < -0.4 is 9.13 Å². The Hall–Kier alpha value is -0.596. The van der Waals surface area contributed by atoms with Crippen molar-refractivity contribution in [2.24, 2.45) is 23.7 Å². The maximum Gasteiger partial charge on any atom is 0.169 e. The SMILES string of the molecule is C.C.C.C.C.C.C.C.C.CCC(C)CC(C)C[n+]1ccc(-c2cc[n+](CC(C)CC(C)CC)cc2)cc1.[Y]. The van der Waals surface area contributed by atoms with Gasteiger partial charge in [0, 0.05) is 68.8 Å². The van der Waals surface area contributed by atoms with Gasteiger partial charge in [-0.1, -0.05) is 121 Å². The van der Waals surface area contributed by atoms with Gasteiger partial charge in [0.15, 0.2) is 37.9 Å². The number of aromatic nitrogens is 2. The van der Waals surface area contributed by atoms with Crippen LogP contribution in [0, 0.1) is 23.7 Å². The van der Waals surface area contributed by atoms with E-state index in [4.69, 9.17) is 0 Å². The third-order valence-electron chi connectivity index (χ3n) is 6.16. The summed E-state index contributed by atoms with van der Waals surface area (Å²) in [5.41, 5.74) is 2.59. The quantitative estimate of drug-likeness (QED) is 0.222. The van der Waals surface area contributed by atoms with Gasteiger partial charge in [0.05, 0.1) is 0 Å². The molecule has 0 N–H and O–H groups in total. The maximum atomic E-state index is 2.37. The van der Waals surface area contributed by atoms with Gasteiger partial charge in [0.25, 0.3) is 0 Å². The van der Waals surface area contributed by atoms with Crippen LogP contribution in [0.1, 0.15) is 134 Å². The number of pyridine rings is 2. The summed E-state index contributed by atoms with van der Waals surface area (Å²) >= 11 is 0. The predicted molar refractivity (Wildman–Crippen MR) is 179 cm³/mol. The average molecular weight is 616 g/mol. The molecule has 0 spiro atoms. The molecule has 0 saturated heterocycles. The van der Waals surface area contributed by atoms with Crippen molar-refractivity contribution in [3.05, 3.63) is 49.1 Å². The fraction of sp³-hybridized carbons (Fsp3) is 0.714. The monoisotopic (exact) mass is 616 g/mol. The van der Waals surface area contributed by atoms with Crippen LogP contribution in [0.5, 0.6) is 0 Å². The minimum absolute atomic E-state index is 0. The molecule has 0 saturated carbocycles. The number of nitrogens with zero attached hydrogens (tertiary/aromatic N) is 2. The van der Waals surface area contributed by atoms with Gasteiger partial charge in [0.2, 0.25) is 0 Å². The molecule has 2 heterocycles. The molecule has 0 bridgehead atoms. The molecule has 0 aliphatic rings. The van der Waals surface area contributed by atoms with Crippen LogP contribution in [0.25, 0.3) is 11.1 Å². The normalized spacial score (nSPS) is 11.6. The Labute approximate surface area is 271 Å². The summed E-state index contributed by atoms with van der Waals surface area (Å²) in [4.78, 5) is 0. The average Bonchev–Trinajstić information content (AvgIpc) is 2.68. The minimum Gasteiger partial charge on any atom is -0.205 e. The minimum atomic E-state index is 0. The van der Waals surface area contributed by atoms with Gasteiger partial charge in [0.1, 0.15) is 0 Å². The van der Waals surface area contributed by atoms with Crippen molar-refractivity contribution < 1.29 is 41.8 Å². The smallest absolute Gasteiger partial charge is 0.169 e. The van der Waals surface area contributed by atoms with Gasteiger partial charge >= 0.3 is 0 Å². The van der Waals surface area contributed by atoms with E-state index in [-0.39, 0.29) is 99.5 Å². The van der Waals surface area contributed by atoms with Crippen molar-refractivity contribution in [2.75, 3.05) is 0 Å². The van der Waals surface area contributed by atoms with Crippen LogP contribution in [-0.4, -0.2) is 0 Å². The zero-order valence-corrected chi connectivity index (χ0v) is 22.5. The third kappa shape index (κ3) is 22.2. The molecule has 0 aliphatic heterocycles. The van der Waals surface area contributed by atoms with E-state index in [2.05, 4.69) is 99.7 Å². The Morgan fingerprint density at radius 1 is 0.474 bits per heavy atom. The van der Waals surface area contributed by atoms with E-state index in [0.717, 1.165) is 36.8 Å². The van der Waals surface area contributed by atoms with Crippen molar-refractivity contribution in [3.8, 4) is 11.1 Å². The molecule has 4 atom stereocenters. The van der Waals surface area contributed by atoms with E-state index in [1.807, 2.05) is 0 Å².